The maximum Gasteiger partial charge on any atom is 0.137 e. The van der Waals surface area contributed by atoms with Crippen molar-refractivity contribution in [2.24, 2.45) is 17.3 Å². The van der Waals surface area contributed by atoms with Crippen LogP contribution in [-0.2, 0) is 6.54 Å². The molecule has 2 fully saturated rings. The summed E-state index contributed by atoms with van der Waals surface area (Å²) in [7, 11) is 0. The van der Waals surface area contributed by atoms with Crippen LogP contribution in [0.2, 0.25) is 0 Å². The Hall–Kier alpha value is -0.900. The van der Waals surface area contributed by atoms with E-state index in [1.165, 1.54) is 18.2 Å². The van der Waals surface area contributed by atoms with Gasteiger partial charge in [-0.25, -0.2) is 4.98 Å². The van der Waals surface area contributed by atoms with Crippen molar-refractivity contribution >= 4 is 0 Å². The first kappa shape index (κ1) is 12.6. The average molecular weight is 237 g/mol. The summed E-state index contributed by atoms with van der Waals surface area (Å²) in [5.74, 6) is 2.50. The molecule has 1 N–H and O–H groups in total. The summed E-state index contributed by atoms with van der Waals surface area (Å²) in [5.41, 5.74) is -0.0635. The molecule has 4 heteroatoms. The average Bonchev–Trinajstić information content (AvgIpc) is 3.13. The van der Waals surface area contributed by atoms with E-state index in [0.29, 0.717) is 6.54 Å². The summed E-state index contributed by atoms with van der Waals surface area (Å²) in [6.45, 7) is 6.69. The molecule has 4 nitrogen and oxygen atoms in total. The zero-order valence-corrected chi connectivity index (χ0v) is 11.0. The van der Waals surface area contributed by atoms with Gasteiger partial charge >= 0.3 is 0 Å². The van der Waals surface area contributed by atoms with Crippen molar-refractivity contribution < 1.29 is 5.11 Å². The number of nitrogens with zero attached hydrogens (tertiary/aromatic N) is 3. The van der Waals surface area contributed by atoms with Crippen molar-refractivity contribution in [2.75, 3.05) is 0 Å². The summed E-state index contributed by atoms with van der Waals surface area (Å²) < 4.78 is 1.65. The highest BCUT2D eigenvalue weighted by atomic mass is 16.3. The van der Waals surface area contributed by atoms with Crippen LogP contribution in [-0.4, -0.2) is 26.0 Å². The molecule has 0 aliphatic heterocycles. The van der Waals surface area contributed by atoms with Gasteiger partial charge in [-0.3, -0.25) is 4.68 Å². The van der Waals surface area contributed by atoms with E-state index in [9.17, 15) is 5.11 Å². The Bertz CT molecular complexity index is 336. The molecule has 0 saturated heterocycles. The van der Waals surface area contributed by atoms with E-state index in [1.54, 1.807) is 23.9 Å². The molecule has 96 valence electrons. The van der Waals surface area contributed by atoms with Crippen LogP contribution in [0.1, 0.15) is 40.0 Å². The third-order valence-electron chi connectivity index (χ3n) is 4.11. The van der Waals surface area contributed by atoms with Gasteiger partial charge in [0, 0.05) is 0 Å². The molecule has 1 aromatic heterocycles. The second-order valence-corrected chi connectivity index (χ2v) is 5.97. The maximum absolute atomic E-state index is 9.86. The zero-order chi connectivity index (χ0) is 12.5. The minimum Gasteiger partial charge on any atom is -0.391 e. The van der Waals surface area contributed by atoms with E-state index in [-0.39, 0.29) is 11.5 Å². The van der Waals surface area contributed by atoms with Gasteiger partial charge in [0.25, 0.3) is 0 Å². The van der Waals surface area contributed by atoms with Gasteiger partial charge in [-0.05, 0) is 36.5 Å². The smallest absolute Gasteiger partial charge is 0.137 e. The molecule has 1 atom stereocenters. The summed E-state index contributed by atoms with van der Waals surface area (Å²) in [6.07, 6.45) is 6.84. The first-order valence-electron chi connectivity index (χ1n) is 6.53. The lowest BCUT2D eigenvalue weighted by molar-refractivity contribution is 0.0306. The Morgan fingerprint density at radius 1 is 1.41 bits per heavy atom. The Labute approximate surface area is 103 Å². The van der Waals surface area contributed by atoms with Crippen LogP contribution in [0.5, 0.6) is 0 Å². The monoisotopic (exact) mass is 237 g/mol. The Morgan fingerprint density at radius 3 is 2.35 bits per heavy atom. The molecule has 0 bridgehead atoms. The Balaban J connectivity index is 0.000000218. The van der Waals surface area contributed by atoms with E-state index < -0.39 is 0 Å². The van der Waals surface area contributed by atoms with Crippen LogP contribution < -0.4 is 0 Å². The fraction of sp³-hybridized carbons (Fsp3) is 0.846. The van der Waals surface area contributed by atoms with E-state index in [4.69, 9.17) is 0 Å². The van der Waals surface area contributed by atoms with E-state index in [1.807, 2.05) is 0 Å². The molecule has 2 saturated carbocycles. The number of hydrogen-bond donors (Lipinski definition) is 1. The van der Waals surface area contributed by atoms with Crippen LogP contribution in [0.3, 0.4) is 0 Å². The fourth-order valence-electron chi connectivity index (χ4n) is 1.54. The van der Waals surface area contributed by atoms with Gasteiger partial charge in [0.05, 0.1) is 12.6 Å². The Kier molecular flexibility index (Phi) is 3.52. The number of aliphatic hydroxyl groups excluding tert-OH is 1. The standard InChI is InChI=1S/C9H17N3O.C4H6/c1-4-9(2,3)8(13)5-12-7-10-6-11-12;1-3-2-4(1)3/h6-8,13H,4-5H2,1-3H3;3-4H,1-2H2. The lowest BCUT2D eigenvalue weighted by Gasteiger charge is -2.28. The second kappa shape index (κ2) is 4.77. The Morgan fingerprint density at radius 2 is 2.00 bits per heavy atom. The fourth-order valence-corrected chi connectivity index (χ4v) is 1.54. The molecule has 2 aliphatic carbocycles. The molecule has 3 rings (SSSR count). The van der Waals surface area contributed by atoms with Gasteiger partial charge in [-0.1, -0.05) is 20.8 Å². The number of hydrogen-bond acceptors (Lipinski definition) is 3. The van der Waals surface area contributed by atoms with Gasteiger partial charge in [0.2, 0.25) is 0 Å². The SMILES string of the molecule is C1C2CC12.CCC(C)(C)C(O)Cn1cncn1. The van der Waals surface area contributed by atoms with Crippen LogP contribution >= 0.6 is 0 Å². The summed E-state index contributed by atoms with van der Waals surface area (Å²) in [4.78, 5) is 3.82. The molecule has 1 unspecified atom stereocenters. The molecule has 1 aromatic rings. The van der Waals surface area contributed by atoms with Crippen molar-refractivity contribution in [3.05, 3.63) is 12.7 Å². The topological polar surface area (TPSA) is 50.9 Å². The van der Waals surface area contributed by atoms with Gasteiger partial charge in [-0.15, -0.1) is 0 Å². The predicted molar refractivity (Wildman–Crippen MR) is 66.3 cm³/mol. The summed E-state index contributed by atoms with van der Waals surface area (Å²) in [5, 5.41) is 13.8. The van der Waals surface area contributed by atoms with Crippen LogP contribution in [0, 0.1) is 17.3 Å². The maximum atomic E-state index is 9.86. The number of aliphatic hydroxyl groups is 1. The zero-order valence-electron chi connectivity index (χ0n) is 11.0. The largest absolute Gasteiger partial charge is 0.391 e. The lowest BCUT2D eigenvalue weighted by Crippen LogP contribution is -2.32. The normalized spacial score (nSPS) is 26.6. The molecule has 2 aliphatic rings. The van der Waals surface area contributed by atoms with Crippen LogP contribution in [0.25, 0.3) is 0 Å². The molecule has 0 aromatic carbocycles. The number of aromatic nitrogens is 3. The van der Waals surface area contributed by atoms with Gasteiger partial charge in [0.1, 0.15) is 12.7 Å². The summed E-state index contributed by atoms with van der Waals surface area (Å²) >= 11 is 0. The first-order valence-corrected chi connectivity index (χ1v) is 6.53. The number of rotatable bonds is 4. The van der Waals surface area contributed by atoms with Gasteiger partial charge < -0.3 is 5.11 Å². The molecular formula is C13H23N3O. The van der Waals surface area contributed by atoms with Crippen molar-refractivity contribution in [2.45, 2.75) is 52.7 Å². The van der Waals surface area contributed by atoms with E-state index in [2.05, 4.69) is 30.9 Å². The van der Waals surface area contributed by atoms with Crippen LogP contribution in [0.4, 0.5) is 0 Å². The molecule has 17 heavy (non-hydrogen) atoms. The number of fused-ring (bicyclic) bond motifs is 1. The third kappa shape index (κ3) is 3.53. The highest BCUT2D eigenvalue weighted by Crippen LogP contribution is 2.62. The predicted octanol–water partition coefficient (Wildman–Crippen LogP) is 2.10. The van der Waals surface area contributed by atoms with Crippen molar-refractivity contribution in [3.63, 3.8) is 0 Å². The third-order valence-corrected chi connectivity index (χ3v) is 4.11. The van der Waals surface area contributed by atoms with Crippen molar-refractivity contribution in [1.82, 2.24) is 14.8 Å². The minimum atomic E-state index is -0.376. The highest BCUT2D eigenvalue weighted by molar-refractivity contribution is 5.02. The second-order valence-electron chi connectivity index (χ2n) is 5.97. The lowest BCUT2D eigenvalue weighted by atomic mass is 9.84. The van der Waals surface area contributed by atoms with Crippen molar-refractivity contribution in [3.8, 4) is 0 Å². The van der Waals surface area contributed by atoms with E-state index in [0.717, 1.165) is 6.42 Å². The van der Waals surface area contributed by atoms with Gasteiger partial charge in [0.15, 0.2) is 0 Å². The molecule has 1 heterocycles. The first-order chi connectivity index (χ1) is 8.03. The van der Waals surface area contributed by atoms with Crippen LogP contribution in [0.15, 0.2) is 12.7 Å². The van der Waals surface area contributed by atoms with Crippen molar-refractivity contribution in [1.29, 1.82) is 0 Å². The molecular weight excluding hydrogens is 214 g/mol. The molecule has 0 amide bonds. The molecule has 0 spiro atoms. The van der Waals surface area contributed by atoms with Gasteiger partial charge in [-0.2, -0.15) is 5.10 Å². The summed E-state index contributed by atoms with van der Waals surface area (Å²) in [6, 6.07) is 0. The quantitative estimate of drug-likeness (QED) is 0.872. The van der Waals surface area contributed by atoms with E-state index >= 15 is 0 Å². The molecule has 0 radical (unpaired) electrons. The highest BCUT2D eigenvalue weighted by Gasteiger charge is 2.52. The minimum absolute atomic E-state index is 0.0635.